The summed E-state index contributed by atoms with van der Waals surface area (Å²) in [5, 5.41) is 4.24. The van der Waals surface area contributed by atoms with Crippen molar-refractivity contribution in [2.75, 3.05) is 31.5 Å². The molecule has 1 fully saturated rings. The number of halogens is 1. The van der Waals surface area contributed by atoms with Crippen LogP contribution in [0.1, 0.15) is 20.3 Å². The molecule has 2 atom stereocenters. The van der Waals surface area contributed by atoms with E-state index in [2.05, 4.69) is 24.1 Å². The molecule has 1 aliphatic heterocycles. The zero-order chi connectivity index (χ0) is 13.0. The quantitative estimate of drug-likeness (QED) is 0.893. The summed E-state index contributed by atoms with van der Waals surface area (Å²) in [4.78, 5) is 2.57. The molecule has 1 aromatic carbocycles. The fraction of sp³-hybridized carbons (Fsp3) is 0.600. The molecule has 2 rings (SSSR count). The van der Waals surface area contributed by atoms with E-state index in [0.29, 0.717) is 0 Å². The van der Waals surface area contributed by atoms with Gasteiger partial charge in [0.25, 0.3) is 0 Å². The molecule has 0 amide bonds. The second-order valence-corrected chi connectivity index (χ2v) is 6.08. The van der Waals surface area contributed by atoms with Crippen LogP contribution in [-0.2, 0) is 0 Å². The average molecular weight is 267 g/mol. The van der Waals surface area contributed by atoms with Gasteiger partial charge in [0.15, 0.2) is 0 Å². The van der Waals surface area contributed by atoms with Crippen LogP contribution in [0.3, 0.4) is 0 Å². The molecule has 0 bridgehead atoms. The van der Waals surface area contributed by atoms with Gasteiger partial charge in [-0.2, -0.15) is 0 Å². The number of anilines is 1. The zero-order valence-corrected chi connectivity index (χ0v) is 12.1. The SMILES string of the molecule is CC1CC(C)CN(CCNc2ccc(Cl)cc2)C1. The summed E-state index contributed by atoms with van der Waals surface area (Å²) in [5.41, 5.74) is 1.15. The van der Waals surface area contributed by atoms with E-state index in [1.54, 1.807) is 0 Å². The molecular formula is C15H23ClN2. The minimum atomic E-state index is 0.791. The lowest BCUT2D eigenvalue weighted by Crippen LogP contribution is -2.41. The lowest BCUT2D eigenvalue weighted by Gasteiger charge is -2.35. The normalized spacial score (nSPS) is 25.1. The van der Waals surface area contributed by atoms with E-state index in [4.69, 9.17) is 11.6 Å². The van der Waals surface area contributed by atoms with E-state index in [-0.39, 0.29) is 0 Å². The standard InChI is InChI=1S/C15H23ClN2/c1-12-9-13(2)11-18(10-12)8-7-17-15-5-3-14(16)4-6-15/h3-6,12-13,17H,7-11H2,1-2H3. The first kappa shape index (κ1) is 13.7. The van der Waals surface area contributed by atoms with Crippen LogP contribution in [0.25, 0.3) is 0 Å². The van der Waals surface area contributed by atoms with Crippen molar-refractivity contribution in [3.05, 3.63) is 29.3 Å². The van der Waals surface area contributed by atoms with E-state index in [1.807, 2.05) is 24.3 Å². The Morgan fingerprint density at radius 2 is 1.78 bits per heavy atom. The molecule has 1 saturated heterocycles. The fourth-order valence-electron chi connectivity index (χ4n) is 2.90. The predicted octanol–water partition coefficient (Wildman–Crippen LogP) is 3.73. The number of piperidine rings is 1. The molecule has 0 spiro atoms. The van der Waals surface area contributed by atoms with Gasteiger partial charge in [-0.1, -0.05) is 25.4 Å². The Bertz CT molecular complexity index is 353. The lowest BCUT2D eigenvalue weighted by atomic mass is 9.92. The first-order valence-electron chi connectivity index (χ1n) is 6.85. The molecule has 2 unspecified atom stereocenters. The van der Waals surface area contributed by atoms with Gasteiger partial charge in [-0.3, -0.25) is 0 Å². The van der Waals surface area contributed by atoms with Crippen LogP contribution in [-0.4, -0.2) is 31.1 Å². The Morgan fingerprint density at radius 1 is 1.17 bits per heavy atom. The number of hydrogen-bond donors (Lipinski definition) is 1. The summed E-state index contributed by atoms with van der Waals surface area (Å²) in [5.74, 6) is 1.67. The van der Waals surface area contributed by atoms with E-state index < -0.39 is 0 Å². The first-order valence-corrected chi connectivity index (χ1v) is 7.23. The van der Waals surface area contributed by atoms with Crippen molar-refractivity contribution in [1.82, 2.24) is 4.90 Å². The van der Waals surface area contributed by atoms with Crippen molar-refractivity contribution < 1.29 is 0 Å². The van der Waals surface area contributed by atoms with Gasteiger partial charge in [0.1, 0.15) is 0 Å². The summed E-state index contributed by atoms with van der Waals surface area (Å²) >= 11 is 5.86. The maximum absolute atomic E-state index is 5.86. The van der Waals surface area contributed by atoms with Gasteiger partial charge < -0.3 is 10.2 Å². The molecule has 0 radical (unpaired) electrons. The predicted molar refractivity (Wildman–Crippen MR) is 79.3 cm³/mol. The van der Waals surface area contributed by atoms with Gasteiger partial charge in [0.05, 0.1) is 0 Å². The zero-order valence-electron chi connectivity index (χ0n) is 11.3. The van der Waals surface area contributed by atoms with E-state index in [1.165, 1.54) is 19.5 Å². The minimum absolute atomic E-state index is 0.791. The maximum Gasteiger partial charge on any atom is 0.0407 e. The Kier molecular flexibility index (Phi) is 4.90. The van der Waals surface area contributed by atoms with Crippen molar-refractivity contribution in [1.29, 1.82) is 0 Å². The first-order chi connectivity index (χ1) is 8.63. The van der Waals surface area contributed by atoms with Crippen molar-refractivity contribution in [2.24, 2.45) is 11.8 Å². The minimum Gasteiger partial charge on any atom is -0.384 e. The molecule has 1 aromatic rings. The van der Waals surface area contributed by atoms with Crippen LogP contribution in [0, 0.1) is 11.8 Å². The molecule has 0 aliphatic carbocycles. The van der Waals surface area contributed by atoms with Crippen molar-refractivity contribution in [3.63, 3.8) is 0 Å². The molecule has 2 nitrogen and oxygen atoms in total. The van der Waals surface area contributed by atoms with Crippen LogP contribution in [0.5, 0.6) is 0 Å². The van der Waals surface area contributed by atoms with E-state index in [9.17, 15) is 0 Å². The summed E-state index contributed by atoms with van der Waals surface area (Å²) in [6.07, 6.45) is 1.38. The van der Waals surface area contributed by atoms with Crippen molar-refractivity contribution in [2.45, 2.75) is 20.3 Å². The Hall–Kier alpha value is -0.730. The lowest BCUT2D eigenvalue weighted by molar-refractivity contribution is 0.146. The maximum atomic E-state index is 5.86. The smallest absolute Gasteiger partial charge is 0.0407 e. The van der Waals surface area contributed by atoms with Gasteiger partial charge in [0, 0.05) is 36.9 Å². The van der Waals surface area contributed by atoms with Crippen molar-refractivity contribution in [3.8, 4) is 0 Å². The fourth-order valence-corrected chi connectivity index (χ4v) is 3.03. The summed E-state index contributed by atoms with van der Waals surface area (Å²) < 4.78 is 0. The molecule has 18 heavy (non-hydrogen) atoms. The van der Waals surface area contributed by atoms with Gasteiger partial charge in [-0.25, -0.2) is 0 Å². The molecule has 1 N–H and O–H groups in total. The Labute approximate surface area is 115 Å². The highest BCUT2D eigenvalue weighted by Crippen LogP contribution is 2.20. The largest absolute Gasteiger partial charge is 0.384 e. The highest BCUT2D eigenvalue weighted by molar-refractivity contribution is 6.30. The topological polar surface area (TPSA) is 15.3 Å². The number of hydrogen-bond acceptors (Lipinski definition) is 2. The molecule has 1 heterocycles. The molecule has 100 valence electrons. The molecule has 0 saturated carbocycles. The average Bonchev–Trinajstić information content (AvgIpc) is 2.30. The van der Waals surface area contributed by atoms with Crippen LogP contribution in [0.15, 0.2) is 24.3 Å². The number of likely N-dealkylation sites (tertiary alicyclic amines) is 1. The van der Waals surface area contributed by atoms with Crippen LogP contribution in [0.4, 0.5) is 5.69 Å². The number of rotatable bonds is 4. The van der Waals surface area contributed by atoms with Crippen LogP contribution in [0.2, 0.25) is 5.02 Å². The van der Waals surface area contributed by atoms with Gasteiger partial charge in [-0.15, -0.1) is 0 Å². The molecule has 0 aromatic heterocycles. The Morgan fingerprint density at radius 3 is 2.39 bits per heavy atom. The van der Waals surface area contributed by atoms with Gasteiger partial charge in [0.2, 0.25) is 0 Å². The summed E-state index contributed by atoms with van der Waals surface area (Å²) in [6, 6.07) is 7.91. The number of benzene rings is 1. The molecule has 3 heteroatoms. The van der Waals surface area contributed by atoms with Crippen LogP contribution >= 0.6 is 11.6 Å². The second-order valence-electron chi connectivity index (χ2n) is 5.64. The molecule has 1 aliphatic rings. The summed E-state index contributed by atoms with van der Waals surface area (Å²) in [7, 11) is 0. The summed E-state index contributed by atoms with van der Waals surface area (Å²) in [6.45, 7) is 9.32. The number of nitrogens with zero attached hydrogens (tertiary/aromatic N) is 1. The van der Waals surface area contributed by atoms with Crippen LogP contribution < -0.4 is 5.32 Å². The third-order valence-electron chi connectivity index (χ3n) is 3.55. The highest BCUT2D eigenvalue weighted by atomic mass is 35.5. The van der Waals surface area contributed by atoms with E-state index >= 15 is 0 Å². The monoisotopic (exact) mass is 266 g/mol. The van der Waals surface area contributed by atoms with E-state index in [0.717, 1.165) is 35.6 Å². The van der Waals surface area contributed by atoms with Gasteiger partial charge in [-0.05, 0) is 42.5 Å². The number of nitrogens with one attached hydrogen (secondary N) is 1. The highest BCUT2D eigenvalue weighted by Gasteiger charge is 2.20. The Balaban J connectivity index is 1.73. The molecular weight excluding hydrogens is 244 g/mol. The third-order valence-corrected chi connectivity index (χ3v) is 3.80. The van der Waals surface area contributed by atoms with Gasteiger partial charge >= 0.3 is 0 Å². The van der Waals surface area contributed by atoms with Crippen molar-refractivity contribution >= 4 is 17.3 Å². The third kappa shape index (κ3) is 4.18. The second kappa shape index (κ2) is 6.44.